The molecule has 1 aromatic carbocycles. The van der Waals surface area contributed by atoms with Gasteiger partial charge in [-0.15, -0.1) is 0 Å². The minimum Gasteiger partial charge on any atom is -0.493 e. The lowest BCUT2D eigenvalue weighted by atomic mass is 10.2. The van der Waals surface area contributed by atoms with Crippen LogP contribution in [0.4, 0.5) is 5.82 Å². The molecule has 0 saturated carbocycles. The summed E-state index contributed by atoms with van der Waals surface area (Å²) in [5.74, 6) is 1.25. The second-order valence-corrected chi connectivity index (χ2v) is 4.68. The molecule has 1 amide bonds. The Hall–Kier alpha value is -2.36. The zero-order chi connectivity index (χ0) is 14.4. The first kappa shape index (κ1) is 14.1. The number of aryl methyl sites for hydroxylation is 2. The van der Waals surface area contributed by atoms with Gasteiger partial charge in [-0.25, -0.2) is 4.98 Å². The van der Waals surface area contributed by atoms with Gasteiger partial charge in [0.1, 0.15) is 11.6 Å². The number of anilines is 1. The first-order chi connectivity index (χ1) is 9.63. The molecule has 104 valence electrons. The molecule has 0 spiro atoms. The van der Waals surface area contributed by atoms with Crippen LogP contribution in [0.2, 0.25) is 0 Å². The van der Waals surface area contributed by atoms with Crippen LogP contribution >= 0.6 is 0 Å². The molecule has 0 aliphatic rings. The van der Waals surface area contributed by atoms with E-state index in [1.807, 2.05) is 50.2 Å². The first-order valence-corrected chi connectivity index (χ1v) is 6.55. The summed E-state index contributed by atoms with van der Waals surface area (Å²) in [7, 11) is 0. The third-order valence-electron chi connectivity index (χ3n) is 2.80. The highest BCUT2D eigenvalue weighted by Crippen LogP contribution is 2.11. The maximum Gasteiger partial charge on any atom is 0.228 e. The molecule has 1 aromatic heterocycles. The lowest BCUT2D eigenvalue weighted by molar-refractivity contribution is -0.116. The van der Waals surface area contributed by atoms with Crippen molar-refractivity contribution in [2.24, 2.45) is 0 Å². The van der Waals surface area contributed by atoms with E-state index in [1.165, 1.54) is 5.56 Å². The predicted octanol–water partition coefficient (Wildman–Crippen LogP) is 3.11. The number of hydrogen-bond donors (Lipinski definition) is 1. The van der Waals surface area contributed by atoms with Gasteiger partial charge in [-0.2, -0.15) is 0 Å². The Kier molecular flexibility index (Phi) is 4.71. The fraction of sp³-hybridized carbons (Fsp3) is 0.250. The Morgan fingerprint density at radius 1 is 1.15 bits per heavy atom. The van der Waals surface area contributed by atoms with Gasteiger partial charge in [0.15, 0.2) is 0 Å². The van der Waals surface area contributed by atoms with Crippen molar-refractivity contribution in [3.63, 3.8) is 0 Å². The second-order valence-electron chi connectivity index (χ2n) is 4.68. The van der Waals surface area contributed by atoms with Crippen molar-refractivity contribution in [2.45, 2.75) is 20.3 Å². The molecule has 0 saturated heterocycles. The summed E-state index contributed by atoms with van der Waals surface area (Å²) in [6, 6.07) is 11.5. The monoisotopic (exact) mass is 270 g/mol. The number of benzene rings is 1. The van der Waals surface area contributed by atoms with E-state index in [4.69, 9.17) is 4.74 Å². The molecular formula is C16H18N2O2. The van der Waals surface area contributed by atoms with Gasteiger partial charge in [-0.05, 0) is 43.7 Å². The van der Waals surface area contributed by atoms with Gasteiger partial charge in [0.25, 0.3) is 0 Å². The zero-order valence-electron chi connectivity index (χ0n) is 11.7. The quantitative estimate of drug-likeness (QED) is 0.908. The average Bonchev–Trinajstić information content (AvgIpc) is 2.41. The lowest BCUT2D eigenvalue weighted by Crippen LogP contribution is -2.16. The van der Waals surface area contributed by atoms with Crippen LogP contribution in [-0.4, -0.2) is 17.5 Å². The minimum atomic E-state index is -0.102. The molecular weight excluding hydrogens is 252 g/mol. The summed E-state index contributed by atoms with van der Waals surface area (Å²) in [4.78, 5) is 15.8. The van der Waals surface area contributed by atoms with Crippen molar-refractivity contribution in [1.29, 1.82) is 0 Å². The van der Waals surface area contributed by atoms with E-state index < -0.39 is 0 Å². The molecule has 4 nitrogen and oxygen atoms in total. The number of pyridine rings is 1. The van der Waals surface area contributed by atoms with Crippen molar-refractivity contribution in [3.05, 3.63) is 53.7 Å². The van der Waals surface area contributed by atoms with Gasteiger partial charge in [-0.3, -0.25) is 4.79 Å². The topological polar surface area (TPSA) is 51.2 Å². The van der Waals surface area contributed by atoms with E-state index in [0.717, 1.165) is 11.3 Å². The van der Waals surface area contributed by atoms with Crippen LogP contribution in [0, 0.1) is 13.8 Å². The molecule has 0 aliphatic heterocycles. The number of rotatable bonds is 5. The molecule has 0 aliphatic carbocycles. The van der Waals surface area contributed by atoms with Crippen LogP contribution in [0.5, 0.6) is 5.75 Å². The molecule has 2 aromatic rings. The smallest absolute Gasteiger partial charge is 0.228 e. The standard InChI is InChI=1S/C16H18N2O2/c1-12-3-5-14(6-4-12)20-10-8-16(19)18-15-11-13(2)7-9-17-15/h3-7,9,11H,8,10H2,1-2H3,(H,17,18,19). The highest BCUT2D eigenvalue weighted by Gasteiger charge is 2.04. The van der Waals surface area contributed by atoms with Crippen molar-refractivity contribution in [3.8, 4) is 5.75 Å². The largest absolute Gasteiger partial charge is 0.493 e. The summed E-state index contributed by atoms with van der Waals surface area (Å²) in [6.07, 6.45) is 1.97. The summed E-state index contributed by atoms with van der Waals surface area (Å²) in [5.41, 5.74) is 2.24. The third kappa shape index (κ3) is 4.39. The summed E-state index contributed by atoms with van der Waals surface area (Å²) in [6.45, 7) is 4.32. The second kappa shape index (κ2) is 6.70. The Bertz CT molecular complexity index is 579. The maximum absolute atomic E-state index is 11.7. The summed E-state index contributed by atoms with van der Waals surface area (Å²) in [5, 5.41) is 2.75. The van der Waals surface area contributed by atoms with E-state index in [-0.39, 0.29) is 5.91 Å². The number of carbonyl (C=O) groups is 1. The van der Waals surface area contributed by atoms with E-state index >= 15 is 0 Å². The number of nitrogens with zero attached hydrogens (tertiary/aromatic N) is 1. The Balaban J connectivity index is 1.76. The fourth-order valence-corrected chi connectivity index (χ4v) is 1.71. The molecule has 0 atom stereocenters. The van der Waals surface area contributed by atoms with Crippen LogP contribution in [-0.2, 0) is 4.79 Å². The van der Waals surface area contributed by atoms with Crippen molar-refractivity contribution in [1.82, 2.24) is 4.98 Å². The molecule has 4 heteroatoms. The molecule has 20 heavy (non-hydrogen) atoms. The molecule has 1 heterocycles. The Morgan fingerprint density at radius 2 is 1.90 bits per heavy atom. The molecule has 0 fully saturated rings. The lowest BCUT2D eigenvalue weighted by Gasteiger charge is -2.07. The van der Waals surface area contributed by atoms with Crippen molar-refractivity contribution < 1.29 is 9.53 Å². The van der Waals surface area contributed by atoms with Crippen LogP contribution in [0.25, 0.3) is 0 Å². The average molecular weight is 270 g/mol. The van der Waals surface area contributed by atoms with E-state index in [1.54, 1.807) is 6.20 Å². The van der Waals surface area contributed by atoms with E-state index in [9.17, 15) is 4.79 Å². The third-order valence-corrected chi connectivity index (χ3v) is 2.80. The van der Waals surface area contributed by atoms with Crippen LogP contribution in [0.3, 0.4) is 0 Å². The van der Waals surface area contributed by atoms with E-state index in [2.05, 4.69) is 10.3 Å². The number of nitrogens with one attached hydrogen (secondary N) is 1. The van der Waals surface area contributed by atoms with Gasteiger partial charge in [0.05, 0.1) is 13.0 Å². The Morgan fingerprint density at radius 3 is 2.60 bits per heavy atom. The molecule has 2 rings (SSSR count). The molecule has 0 bridgehead atoms. The normalized spacial score (nSPS) is 10.1. The number of ether oxygens (including phenoxy) is 1. The number of aromatic nitrogens is 1. The van der Waals surface area contributed by atoms with Crippen LogP contribution < -0.4 is 10.1 Å². The first-order valence-electron chi connectivity index (χ1n) is 6.55. The number of amides is 1. The zero-order valence-corrected chi connectivity index (χ0v) is 11.7. The molecule has 1 N–H and O–H groups in total. The van der Waals surface area contributed by atoms with Gasteiger partial charge < -0.3 is 10.1 Å². The van der Waals surface area contributed by atoms with Crippen LogP contribution in [0.1, 0.15) is 17.5 Å². The highest BCUT2D eigenvalue weighted by molar-refractivity contribution is 5.89. The number of hydrogen-bond acceptors (Lipinski definition) is 3. The summed E-state index contributed by atoms with van der Waals surface area (Å²) >= 11 is 0. The predicted molar refractivity (Wildman–Crippen MR) is 78.9 cm³/mol. The SMILES string of the molecule is Cc1ccc(OCCC(=O)Nc2cc(C)ccn2)cc1. The fourth-order valence-electron chi connectivity index (χ4n) is 1.71. The van der Waals surface area contributed by atoms with Gasteiger partial charge >= 0.3 is 0 Å². The Labute approximate surface area is 118 Å². The highest BCUT2D eigenvalue weighted by atomic mass is 16.5. The van der Waals surface area contributed by atoms with Crippen LogP contribution in [0.15, 0.2) is 42.6 Å². The molecule has 0 radical (unpaired) electrons. The maximum atomic E-state index is 11.7. The van der Waals surface area contributed by atoms with Gasteiger partial charge in [0, 0.05) is 6.20 Å². The molecule has 0 unspecified atom stereocenters. The van der Waals surface area contributed by atoms with Gasteiger partial charge in [-0.1, -0.05) is 17.7 Å². The number of carbonyl (C=O) groups excluding carboxylic acids is 1. The van der Waals surface area contributed by atoms with Crippen molar-refractivity contribution in [2.75, 3.05) is 11.9 Å². The summed E-state index contributed by atoms with van der Waals surface area (Å²) < 4.78 is 5.51. The van der Waals surface area contributed by atoms with Crippen molar-refractivity contribution >= 4 is 11.7 Å². The van der Waals surface area contributed by atoms with E-state index in [0.29, 0.717) is 18.8 Å². The van der Waals surface area contributed by atoms with Gasteiger partial charge in [0.2, 0.25) is 5.91 Å². The minimum absolute atomic E-state index is 0.102.